The summed E-state index contributed by atoms with van der Waals surface area (Å²) in [6, 6.07) is -3.93. The Morgan fingerprint density at radius 1 is 0.500 bits per heavy atom. The SMILES string of the molecule is CC([NH-])C(=O)O.CC([NH-])C(=O)O.CC([NH-])C(=O)O.CC([NH-])C(=O)O.[Pd+2].[Pd+2]. The molecule has 0 saturated heterocycles. The summed E-state index contributed by atoms with van der Waals surface area (Å²) in [5, 5.41) is 31.2. The molecule has 4 atom stereocenters. The molecule has 0 aromatic rings. The summed E-state index contributed by atoms with van der Waals surface area (Å²) in [7, 11) is 0. The zero-order valence-electron chi connectivity index (χ0n) is 14.4. The van der Waals surface area contributed by atoms with Gasteiger partial charge in [0.1, 0.15) is 0 Å². The predicted octanol–water partition coefficient (Wildman–Crippen LogP) is 2.04. The third-order valence-corrected chi connectivity index (χ3v) is 1.48. The molecule has 0 fully saturated rings. The summed E-state index contributed by atoms with van der Waals surface area (Å²) >= 11 is 0. The minimum Gasteiger partial charge on any atom is -0.666 e. The van der Waals surface area contributed by atoms with Crippen LogP contribution in [0.15, 0.2) is 0 Å². The summed E-state index contributed by atoms with van der Waals surface area (Å²) < 4.78 is 0. The van der Waals surface area contributed by atoms with Gasteiger partial charge in [-0.15, -0.1) is 0 Å². The molecule has 8 N–H and O–H groups in total. The molecule has 0 spiro atoms. The van der Waals surface area contributed by atoms with Crippen molar-refractivity contribution in [1.29, 1.82) is 0 Å². The number of aliphatic carboxylic acids is 4. The van der Waals surface area contributed by atoms with Crippen LogP contribution >= 0.6 is 0 Å². The molecule has 0 rings (SSSR count). The zero-order valence-corrected chi connectivity index (χ0v) is 17.5. The molecule has 14 heteroatoms. The van der Waals surface area contributed by atoms with E-state index >= 15 is 0 Å². The van der Waals surface area contributed by atoms with Gasteiger partial charge in [-0.25, -0.2) is 0 Å². The van der Waals surface area contributed by atoms with E-state index in [-0.39, 0.29) is 40.8 Å². The number of hydrogen-bond acceptors (Lipinski definition) is 4. The first-order valence-electron chi connectivity index (χ1n) is 6.33. The Balaban J connectivity index is -0.0000000500. The molecule has 0 amide bonds. The van der Waals surface area contributed by atoms with Gasteiger partial charge >= 0.3 is 40.8 Å². The van der Waals surface area contributed by atoms with Gasteiger partial charge in [0.2, 0.25) is 0 Å². The molecule has 0 aliphatic rings. The predicted molar refractivity (Wildman–Crippen MR) is 85.7 cm³/mol. The molecule has 4 unspecified atom stereocenters. The van der Waals surface area contributed by atoms with E-state index in [2.05, 4.69) is 0 Å². The number of carboxylic acid groups (broad SMARTS) is 4. The van der Waals surface area contributed by atoms with Gasteiger partial charge < -0.3 is 43.4 Å². The van der Waals surface area contributed by atoms with Crippen LogP contribution in [0.25, 0.3) is 22.9 Å². The van der Waals surface area contributed by atoms with E-state index in [9.17, 15) is 19.2 Å². The van der Waals surface area contributed by atoms with Gasteiger partial charge in [0.15, 0.2) is 0 Å². The largest absolute Gasteiger partial charge is 2.00 e. The van der Waals surface area contributed by atoms with Gasteiger partial charge in [0.25, 0.3) is 23.9 Å². The van der Waals surface area contributed by atoms with Crippen molar-refractivity contribution in [2.24, 2.45) is 0 Å². The quantitative estimate of drug-likeness (QED) is 0.367. The number of carboxylic acids is 4. The van der Waals surface area contributed by atoms with E-state index in [0.29, 0.717) is 0 Å². The average molecular weight is 565 g/mol. The second-order valence-corrected chi connectivity index (χ2v) is 4.24. The molecule has 0 heterocycles. The van der Waals surface area contributed by atoms with Crippen molar-refractivity contribution in [3.05, 3.63) is 22.9 Å². The summed E-state index contributed by atoms with van der Waals surface area (Å²) in [4.78, 5) is 38.0. The van der Waals surface area contributed by atoms with Crippen molar-refractivity contribution in [2.75, 3.05) is 0 Å². The van der Waals surface area contributed by atoms with Crippen LogP contribution in [-0.4, -0.2) is 68.5 Å². The van der Waals surface area contributed by atoms with Crippen molar-refractivity contribution in [3.8, 4) is 0 Å². The number of rotatable bonds is 4. The van der Waals surface area contributed by atoms with Crippen molar-refractivity contribution in [1.82, 2.24) is 0 Å². The van der Waals surface area contributed by atoms with Gasteiger partial charge in [0.05, 0.1) is 0 Å². The van der Waals surface area contributed by atoms with Crippen LogP contribution in [0.5, 0.6) is 0 Å². The standard InChI is InChI=1S/4C3H6NO2.2Pd/c4*1-2(4)3(5)6;;/h4*2,4H,1H3,(H,5,6);;/q4*-1;2*+2. The molecule has 0 aromatic heterocycles. The normalized spacial score (nSPS) is 12.6. The Hall–Kier alpha value is -0.955. The Morgan fingerprint density at radius 2 is 0.538 bits per heavy atom. The van der Waals surface area contributed by atoms with Crippen molar-refractivity contribution >= 4 is 23.9 Å². The molecule has 12 nitrogen and oxygen atoms in total. The summed E-state index contributed by atoms with van der Waals surface area (Å²) in [6.45, 7) is 5.23. The van der Waals surface area contributed by atoms with E-state index in [1.165, 1.54) is 27.7 Å². The Labute approximate surface area is 179 Å². The summed E-state index contributed by atoms with van der Waals surface area (Å²) in [6.07, 6.45) is 0. The second-order valence-electron chi connectivity index (χ2n) is 4.24. The van der Waals surface area contributed by atoms with Gasteiger partial charge in [-0.1, -0.05) is 27.7 Å². The van der Waals surface area contributed by atoms with Crippen molar-refractivity contribution < 1.29 is 80.4 Å². The van der Waals surface area contributed by atoms with E-state index in [0.717, 1.165) is 0 Å². The molecule has 0 aromatic carbocycles. The van der Waals surface area contributed by atoms with Gasteiger partial charge in [-0.2, -0.15) is 0 Å². The third kappa shape index (κ3) is 49.5. The number of nitrogens with one attached hydrogen (secondary N) is 4. The summed E-state index contributed by atoms with van der Waals surface area (Å²) in [5.41, 5.74) is 25.7. The first kappa shape index (κ1) is 39.9. The van der Waals surface area contributed by atoms with E-state index in [1.807, 2.05) is 0 Å². The fraction of sp³-hybridized carbons (Fsp3) is 0.667. The Bertz CT molecular complexity index is 321. The maximum Gasteiger partial charge on any atom is 2.00 e. The number of hydrogen-bond donors (Lipinski definition) is 4. The maximum atomic E-state index is 9.51. The fourth-order valence-corrected chi connectivity index (χ4v) is 0. The monoisotopic (exact) mass is 564 g/mol. The van der Waals surface area contributed by atoms with E-state index < -0.39 is 48.0 Å². The third-order valence-electron chi connectivity index (χ3n) is 1.48. The van der Waals surface area contributed by atoms with Crippen molar-refractivity contribution in [2.45, 2.75) is 51.9 Å². The molecular weight excluding hydrogens is 541 g/mol. The van der Waals surface area contributed by atoms with Gasteiger partial charge in [0, 0.05) is 0 Å². The van der Waals surface area contributed by atoms with Crippen LogP contribution in [0.2, 0.25) is 0 Å². The molecule has 0 saturated carbocycles. The molecular formula is C12H24N4O8Pd2. The Morgan fingerprint density at radius 3 is 0.538 bits per heavy atom. The van der Waals surface area contributed by atoms with Crippen LogP contribution in [0.1, 0.15) is 27.7 Å². The van der Waals surface area contributed by atoms with E-state index in [4.69, 9.17) is 43.4 Å². The van der Waals surface area contributed by atoms with E-state index in [1.54, 1.807) is 0 Å². The molecule has 0 radical (unpaired) electrons. The fourth-order valence-electron chi connectivity index (χ4n) is 0. The smallest absolute Gasteiger partial charge is 0.666 e. The average Bonchev–Trinajstić information content (AvgIpc) is 2.40. The molecule has 160 valence electrons. The number of carbonyl (C=O) groups is 4. The first-order valence-corrected chi connectivity index (χ1v) is 6.33. The minimum atomic E-state index is -1.07. The van der Waals surface area contributed by atoms with Crippen LogP contribution in [-0.2, 0) is 60.0 Å². The van der Waals surface area contributed by atoms with Gasteiger partial charge in [-0.05, 0) is 24.2 Å². The first-order chi connectivity index (χ1) is 10.6. The van der Waals surface area contributed by atoms with Crippen LogP contribution in [0, 0.1) is 0 Å². The molecule has 0 aliphatic carbocycles. The minimum absolute atomic E-state index is 0. The topological polar surface area (TPSA) is 244 Å². The van der Waals surface area contributed by atoms with Crippen LogP contribution in [0.3, 0.4) is 0 Å². The molecule has 0 bridgehead atoms. The zero-order chi connectivity index (χ0) is 20.6. The summed E-state index contributed by atoms with van der Waals surface area (Å²) in [5.74, 6) is -4.30. The second kappa shape index (κ2) is 24.0. The Kier molecular flexibility index (Phi) is 36.9. The maximum absolute atomic E-state index is 9.51. The van der Waals surface area contributed by atoms with Crippen LogP contribution in [0.4, 0.5) is 0 Å². The van der Waals surface area contributed by atoms with Crippen LogP contribution < -0.4 is 0 Å². The van der Waals surface area contributed by atoms with Gasteiger partial charge in [-0.3, -0.25) is 19.2 Å². The van der Waals surface area contributed by atoms with Crippen molar-refractivity contribution in [3.63, 3.8) is 0 Å². The molecule has 26 heavy (non-hydrogen) atoms. The molecule has 0 aliphatic heterocycles.